The number of piperidine rings is 1. The smallest absolute Gasteiger partial charge is 0.257 e. The topological polar surface area (TPSA) is 41.4 Å². The number of rotatable bonds is 2. The van der Waals surface area contributed by atoms with E-state index in [-0.39, 0.29) is 5.91 Å². The van der Waals surface area contributed by atoms with E-state index in [0.717, 1.165) is 19.5 Å². The predicted octanol–water partition coefficient (Wildman–Crippen LogP) is 0.832. The normalized spacial score (nSPS) is 25.1. The molecule has 0 spiro atoms. The summed E-state index contributed by atoms with van der Waals surface area (Å²) in [7, 11) is 5.87. The summed E-state index contributed by atoms with van der Waals surface area (Å²) in [6.07, 6.45) is 4.46. The lowest BCUT2D eigenvalue weighted by atomic mass is 9.92. The van der Waals surface area contributed by atoms with Crippen LogP contribution >= 0.6 is 0 Å². The van der Waals surface area contributed by atoms with Crippen molar-refractivity contribution in [3.05, 3.63) is 18.0 Å². The fraction of sp³-hybridized carbons (Fsp3) is 0.692. The van der Waals surface area contributed by atoms with Crippen LogP contribution in [0.3, 0.4) is 0 Å². The van der Waals surface area contributed by atoms with Crippen LogP contribution in [0, 0.1) is 5.92 Å². The monoisotopic (exact) mass is 250 g/mol. The third-order valence-electron chi connectivity index (χ3n) is 3.83. The van der Waals surface area contributed by atoms with Gasteiger partial charge in [0, 0.05) is 32.9 Å². The minimum absolute atomic E-state index is 0.0736. The van der Waals surface area contributed by atoms with E-state index in [1.165, 1.54) is 0 Å². The molecule has 0 radical (unpaired) electrons. The molecule has 18 heavy (non-hydrogen) atoms. The van der Waals surface area contributed by atoms with E-state index in [4.69, 9.17) is 0 Å². The molecule has 2 rings (SSSR count). The van der Waals surface area contributed by atoms with Crippen LogP contribution in [0.5, 0.6) is 0 Å². The van der Waals surface area contributed by atoms with Gasteiger partial charge in [-0.25, -0.2) is 0 Å². The summed E-state index contributed by atoms with van der Waals surface area (Å²) < 4.78 is 1.67. The molecule has 5 heteroatoms. The first kappa shape index (κ1) is 13.1. The molecule has 1 amide bonds. The summed E-state index contributed by atoms with van der Waals surface area (Å²) in [4.78, 5) is 16.5. The lowest BCUT2D eigenvalue weighted by molar-refractivity contribution is 0.0549. The molecule has 1 saturated heterocycles. The van der Waals surface area contributed by atoms with E-state index in [9.17, 15) is 4.79 Å². The summed E-state index contributed by atoms with van der Waals surface area (Å²) in [5.41, 5.74) is 0.672. The Morgan fingerprint density at radius 1 is 1.50 bits per heavy atom. The molecule has 2 atom stereocenters. The maximum absolute atomic E-state index is 12.3. The number of amides is 1. The highest BCUT2D eigenvalue weighted by Gasteiger charge is 2.30. The fourth-order valence-corrected chi connectivity index (χ4v) is 2.80. The average molecular weight is 250 g/mol. The molecule has 100 valence electrons. The lowest BCUT2D eigenvalue weighted by Crippen LogP contribution is -2.49. The van der Waals surface area contributed by atoms with E-state index in [2.05, 4.69) is 24.0 Å². The number of aromatic nitrogens is 2. The highest BCUT2D eigenvalue weighted by atomic mass is 16.2. The molecule has 1 aromatic heterocycles. The second-order valence-electron chi connectivity index (χ2n) is 5.41. The van der Waals surface area contributed by atoms with Gasteiger partial charge in [0.1, 0.15) is 0 Å². The molecule has 0 aromatic carbocycles. The number of hydrogen-bond acceptors (Lipinski definition) is 3. The Kier molecular flexibility index (Phi) is 3.71. The van der Waals surface area contributed by atoms with Crippen molar-refractivity contribution in [3.8, 4) is 0 Å². The number of aryl methyl sites for hydroxylation is 1. The van der Waals surface area contributed by atoms with Crippen molar-refractivity contribution < 1.29 is 4.79 Å². The van der Waals surface area contributed by atoms with Crippen molar-refractivity contribution in [1.29, 1.82) is 0 Å². The standard InChI is InChI=1S/C13H22N4O/c1-10-8-15(2)6-5-12(10)17(4)13(18)11-7-14-16(3)9-11/h7,9-10,12H,5-6,8H2,1-4H3/t10-,12+/m1/s1. The van der Waals surface area contributed by atoms with E-state index in [0.29, 0.717) is 17.5 Å². The number of carbonyl (C=O) groups is 1. The highest BCUT2D eigenvalue weighted by molar-refractivity contribution is 5.93. The minimum atomic E-state index is 0.0736. The van der Waals surface area contributed by atoms with Gasteiger partial charge in [0.25, 0.3) is 5.91 Å². The Morgan fingerprint density at radius 2 is 2.22 bits per heavy atom. The van der Waals surface area contributed by atoms with Crippen LogP contribution in [0.4, 0.5) is 0 Å². The summed E-state index contributed by atoms with van der Waals surface area (Å²) >= 11 is 0. The van der Waals surface area contributed by atoms with Crippen LogP contribution < -0.4 is 0 Å². The van der Waals surface area contributed by atoms with Crippen molar-refractivity contribution in [2.45, 2.75) is 19.4 Å². The van der Waals surface area contributed by atoms with Crippen LogP contribution in [0.25, 0.3) is 0 Å². The quantitative estimate of drug-likeness (QED) is 0.781. The molecule has 0 saturated carbocycles. The highest BCUT2D eigenvalue weighted by Crippen LogP contribution is 2.21. The molecule has 0 aliphatic carbocycles. The fourth-order valence-electron chi connectivity index (χ4n) is 2.80. The zero-order chi connectivity index (χ0) is 13.3. The largest absolute Gasteiger partial charge is 0.338 e. The predicted molar refractivity (Wildman–Crippen MR) is 70.4 cm³/mol. The average Bonchev–Trinajstić information content (AvgIpc) is 2.74. The van der Waals surface area contributed by atoms with E-state index in [1.54, 1.807) is 17.1 Å². The molecule has 0 unspecified atom stereocenters. The first-order chi connectivity index (χ1) is 8.49. The molecule has 5 nitrogen and oxygen atoms in total. The van der Waals surface area contributed by atoms with Gasteiger partial charge in [-0.05, 0) is 25.9 Å². The second kappa shape index (κ2) is 5.10. The summed E-state index contributed by atoms with van der Waals surface area (Å²) in [5.74, 6) is 0.582. The Labute approximate surface area is 108 Å². The third-order valence-corrected chi connectivity index (χ3v) is 3.83. The number of likely N-dealkylation sites (tertiary alicyclic amines) is 1. The van der Waals surface area contributed by atoms with Gasteiger partial charge >= 0.3 is 0 Å². The van der Waals surface area contributed by atoms with Gasteiger partial charge in [-0.2, -0.15) is 5.10 Å². The summed E-state index contributed by atoms with van der Waals surface area (Å²) in [6, 6.07) is 0.328. The van der Waals surface area contributed by atoms with Crippen molar-refractivity contribution in [2.24, 2.45) is 13.0 Å². The Hall–Kier alpha value is -1.36. The molecular weight excluding hydrogens is 228 g/mol. The van der Waals surface area contributed by atoms with E-state index < -0.39 is 0 Å². The van der Waals surface area contributed by atoms with Crippen molar-refractivity contribution >= 4 is 5.91 Å². The molecule has 2 heterocycles. The van der Waals surface area contributed by atoms with Gasteiger partial charge in [-0.1, -0.05) is 6.92 Å². The minimum Gasteiger partial charge on any atom is -0.338 e. The number of carbonyl (C=O) groups excluding carboxylic acids is 1. The zero-order valence-corrected chi connectivity index (χ0v) is 11.6. The molecule has 0 bridgehead atoms. The van der Waals surface area contributed by atoms with Gasteiger partial charge in [-0.3, -0.25) is 9.48 Å². The summed E-state index contributed by atoms with van der Waals surface area (Å²) in [6.45, 7) is 4.32. The van der Waals surface area contributed by atoms with Gasteiger partial charge < -0.3 is 9.80 Å². The molecule has 1 fully saturated rings. The van der Waals surface area contributed by atoms with E-state index >= 15 is 0 Å². The molecule has 0 N–H and O–H groups in total. The van der Waals surface area contributed by atoms with Crippen molar-refractivity contribution in [1.82, 2.24) is 19.6 Å². The van der Waals surface area contributed by atoms with Gasteiger partial charge in [0.05, 0.1) is 11.8 Å². The number of hydrogen-bond donors (Lipinski definition) is 0. The number of nitrogens with zero attached hydrogens (tertiary/aromatic N) is 4. The zero-order valence-electron chi connectivity index (χ0n) is 11.6. The van der Waals surface area contributed by atoms with E-state index in [1.807, 2.05) is 19.0 Å². The Bertz CT molecular complexity index is 428. The maximum atomic E-state index is 12.3. The van der Waals surface area contributed by atoms with Gasteiger partial charge in [0.2, 0.25) is 0 Å². The van der Waals surface area contributed by atoms with Gasteiger partial charge in [-0.15, -0.1) is 0 Å². The van der Waals surface area contributed by atoms with Crippen LogP contribution in [0.2, 0.25) is 0 Å². The Morgan fingerprint density at radius 3 is 2.78 bits per heavy atom. The van der Waals surface area contributed by atoms with Crippen molar-refractivity contribution in [2.75, 3.05) is 27.2 Å². The first-order valence-corrected chi connectivity index (χ1v) is 6.43. The second-order valence-corrected chi connectivity index (χ2v) is 5.41. The SMILES string of the molecule is C[C@@H]1CN(C)CC[C@@H]1N(C)C(=O)c1cnn(C)c1. The molecular formula is C13H22N4O. The molecule has 1 aliphatic heterocycles. The maximum Gasteiger partial charge on any atom is 0.257 e. The van der Waals surface area contributed by atoms with Crippen LogP contribution in [-0.2, 0) is 7.05 Å². The lowest BCUT2D eigenvalue weighted by Gasteiger charge is -2.39. The van der Waals surface area contributed by atoms with Crippen LogP contribution in [0.15, 0.2) is 12.4 Å². The van der Waals surface area contributed by atoms with Crippen LogP contribution in [0.1, 0.15) is 23.7 Å². The first-order valence-electron chi connectivity index (χ1n) is 6.43. The third kappa shape index (κ3) is 2.56. The molecule has 1 aliphatic rings. The van der Waals surface area contributed by atoms with Crippen LogP contribution in [-0.4, -0.2) is 58.7 Å². The molecule has 1 aromatic rings. The Balaban J connectivity index is 2.07. The van der Waals surface area contributed by atoms with Crippen molar-refractivity contribution in [3.63, 3.8) is 0 Å². The summed E-state index contributed by atoms with van der Waals surface area (Å²) in [5, 5.41) is 4.06. The van der Waals surface area contributed by atoms with Gasteiger partial charge in [0.15, 0.2) is 0 Å².